The van der Waals surface area contributed by atoms with Crippen LogP contribution >= 0.6 is 0 Å². The van der Waals surface area contributed by atoms with E-state index in [0.717, 1.165) is 61.9 Å². The molecule has 2 saturated carbocycles. The molecule has 0 unspecified atom stereocenters. The number of nitrogens with one attached hydrogen (secondary N) is 3. The zero-order chi connectivity index (χ0) is 25.7. The van der Waals surface area contributed by atoms with Crippen LogP contribution < -0.4 is 21.1 Å². The molecule has 2 heterocycles. The molecule has 3 aliphatic rings. The normalized spacial score (nSPS) is 17.6. The van der Waals surface area contributed by atoms with Crippen molar-refractivity contribution in [1.82, 2.24) is 9.78 Å². The number of rotatable bonds is 7. The molecular weight excluding hydrogens is 478 g/mol. The number of amides is 1. The van der Waals surface area contributed by atoms with Crippen molar-refractivity contribution in [1.29, 1.82) is 5.41 Å². The fourth-order valence-electron chi connectivity index (χ4n) is 5.05. The predicted octanol–water partition coefficient (Wildman–Crippen LogP) is 4.33. The van der Waals surface area contributed by atoms with Crippen molar-refractivity contribution in [3.8, 4) is 5.69 Å². The minimum atomic E-state index is -0.966. The van der Waals surface area contributed by atoms with E-state index in [-0.39, 0.29) is 5.69 Å². The lowest BCUT2D eigenvalue weighted by atomic mass is 10.1. The van der Waals surface area contributed by atoms with E-state index < -0.39 is 28.8 Å². The molecule has 3 aromatic rings. The highest BCUT2D eigenvalue weighted by atomic mass is 19.1. The third-order valence-corrected chi connectivity index (χ3v) is 7.44. The quantitative estimate of drug-likeness (QED) is 0.416. The molecule has 2 aromatic carbocycles. The first-order chi connectivity index (χ1) is 17.9. The highest BCUT2D eigenvalue weighted by Gasteiger charge is 2.48. The van der Waals surface area contributed by atoms with Crippen LogP contribution in [-0.2, 0) is 0 Å². The number of hydrogen-bond acceptors (Lipinski definition) is 6. The predicted molar refractivity (Wildman–Crippen MR) is 137 cm³/mol. The van der Waals surface area contributed by atoms with Gasteiger partial charge >= 0.3 is 0 Å². The molecule has 2 aliphatic carbocycles. The summed E-state index contributed by atoms with van der Waals surface area (Å²) < 4.78 is 29.2. The van der Waals surface area contributed by atoms with Crippen LogP contribution in [0.1, 0.15) is 48.2 Å². The molecule has 37 heavy (non-hydrogen) atoms. The fraction of sp³-hybridized carbons (Fsp3) is 0.333. The lowest BCUT2D eigenvalue weighted by Gasteiger charge is -2.26. The standard InChI is InChI=1S/C27H26F2N6O2/c28-18-2-1-3-19(29)25(18)35-23(36)9-8-22(33-35)26(37)32-21-7-6-20(31-16-4-5-16)17(14-30)24(21)34-13-12-27(15-34)10-11-27/h1-3,6-9,14,16,30-31H,4-5,10-13,15H2,(H,32,37). The van der Waals surface area contributed by atoms with E-state index in [4.69, 9.17) is 5.41 Å². The highest BCUT2D eigenvalue weighted by Crippen LogP contribution is 2.54. The Labute approximate surface area is 211 Å². The van der Waals surface area contributed by atoms with Crippen LogP contribution in [0.15, 0.2) is 47.3 Å². The van der Waals surface area contributed by atoms with E-state index in [0.29, 0.717) is 27.4 Å². The molecule has 8 nitrogen and oxygen atoms in total. The first-order valence-corrected chi connectivity index (χ1v) is 12.4. The summed E-state index contributed by atoms with van der Waals surface area (Å²) in [4.78, 5) is 27.9. The number of carbonyl (C=O) groups is 1. The molecule has 1 aliphatic heterocycles. The number of carbonyl (C=O) groups excluding carboxylic acids is 1. The second kappa shape index (κ2) is 8.79. The lowest BCUT2D eigenvalue weighted by Crippen LogP contribution is -2.27. The van der Waals surface area contributed by atoms with Crippen LogP contribution in [0.4, 0.5) is 25.8 Å². The third-order valence-electron chi connectivity index (χ3n) is 7.44. The largest absolute Gasteiger partial charge is 0.382 e. The van der Waals surface area contributed by atoms with Gasteiger partial charge in [0.15, 0.2) is 11.6 Å². The second-order valence-corrected chi connectivity index (χ2v) is 10.2. The third kappa shape index (κ3) is 4.36. The van der Waals surface area contributed by atoms with Gasteiger partial charge in [-0.1, -0.05) is 6.07 Å². The zero-order valence-electron chi connectivity index (χ0n) is 20.1. The Morgan fingerprint density at radius 1 is 1.03 bits per heavy atom. The SMILES string of the molecule is N=Cc1c(NC2CC2)ccc(NC(=O)c2ccc(=O)n(-c3c(F)cccc3F)n2)c1N1CCC2(CC2)C1. The van der Waals surface area contributed by atoms with Crippen molar-refractivity contribution in [3.05, 3.63) is 75.7 Å². The van der Waals surface area contributed by atoms with Crippen molar-refractivity contribution < 1.29 is 13.6 Å². The average molecular weight is 505 g/mol. The molecule has 10 heteroatoms. The van der Waals surface area contributed by atoms with Crippen molar-refractivity contribution in [2.45, 2.75) is 38.1 Å². The van der Waals surface area contributed by atoms with Gasteiger partial charge in [-0.3, -0.25) is 9.59 Å². The van der Waals surface area contributed by atoms with Gasteiger partial charge in [0.1, 0.15) is 11.4 Å². The summed E-state index contributed by atoms with van der Waals surface area (Å²) in [5.74, 6) is -2.57. The minimum absolute atomic E-state index is 0.176. The number of anilines is 3. The Morgan fingerprint density at radius 2 is 1.76 bits per heavy atom. The maximum atomic E-state index is 14.3. The number of nitrogens with zero attached hydrogens (tertiary/aromatic N) is 3. The van der Waals surface area contributed by atoms with Crippen LogP contribution in [0, 0.1) is 22.5 Å². The van der Waals surface area contributed by atoms with Crippen molar-refractivity contribution in [3.63, 3.8) is 0 Å². The molecule has 1 spiro atoms. The number of halogens is 2. The van der Waals surface area contributed by atoms with E-state index in [9.17, 15) is 18.4 Å². The first-order valence-electron chi connectivity index (χ1n) is 12.4. The fourth-order valence-corrected chi connectivity index (χ4v) is 5.05. The number of benzene rings is 2. The lowest BCUT2D eigenvalue weighted by molar-refractivity contribution is 0.102. The summed E-state index contributed by atoms with van der Waals surface area (Å²) >= 11 is 0. The first kappa shape index (κ1) is 23.3. The molecule has 190 valence electrons. The summed E-state index contributed by atoms with van der Waals surface area (Å²) in [7, 11) is 0. The van der Waals surface area contributed by atoms with Gasteiger partial charge in [-0.15, -0.1) is 0 Å². The molecule has 3 N–H and O–H groups in total. The van der Waals surface area contributed by atoms with Gasteiger partial charge in [0.2, 0.25) is 0 Å². The summed E-state index contributed by atoms with van der Waals surface area (Å²) in [6.45, 7) is 1.69. The average Bonchev–Trinajstić information content (AvgIpc) is 3.79. The van der Waals surface area contributed by atoms with Crippen LogP contribution in [0.2, 0.25) is 0 Å². The molecule has 3 fully saturated rings. The summed E-state index contributed by atoms with van der Waals surface area (Å²) in [5.41, 5.74) is 1.57. The topological polar surface area (TPSA) is 103 Å². The Kier molecular flexibility index (Phi) is 5.54. The number of hydrogen-bond donors (Lipinski definition) is 3. The zero-order valence-corrected chi connectivity index (χ0v) is 20.1. The monoisotopic (exact) mass is 504 g/mol. The minimum Gasteiger partial charge on any atom is -0.382 e. The summed E-state index contributed by atoms with van der Waals surface area (Å²) in [6, 6.07) is 9.54. The van der Waals surface area contributed by atoms with Gasteiger partial charge in [-0.2, -0.15) is 9.78 Å². The van der Waals surface area contributed by atoms with E-state index in [1.807, 2.05) is 6.07 Å². The van der Waals surface area contributed by atoms with Gasteiger partial charge < -0.3 is 20.9 Å². The van der Waals surface area contributed by atoms with Crippen LogP contribution in [0.25, 0.3) is 5.69 Å². The van der Waals surface area contributed by atoms with Gasteiger partial charge in [-0.25, -0.2) is 8.78 Å². The molecule has 1 aromatic heterocycles. The molecule has 6 rings (SSSR count). The summed E-state index contributed by atoms with van der Waals surface area (Å²) in [5, 5.41) is 18.5. The molecule has 1 saturated heterocycles. The van der Waals surface area contributed by atoms with Gasteiger partial charge in [0.05, 0.1) is 11.4 Å². The number of para-hydroxylation sites is 1. The molecule has 0 atom stereocenters. The molecule has 0 radical (unpaired) electrons. The number of aromatic nitrogens is 2. The Balaban J connectivity index is 1.36. The van der Waals surface area contributed by atoms with Crippen molar-refractivity contribution in [2.75, 3.05) is 28.6 Å². The van der Waals surface area contributed by atoms with E-state index in [1.54, 1.807) is 6.07 Å². The van der Waals surface area contributed by atoms with Crippen LogP contribution in [0.3, 0.4) is 0 Å². The highest BCUT2D eigenvalue weighted by molar-refractivity contribution is 6.08. The Hall–Kier alpha value is -4.08. The van der Waals surface area contributed by atoms with E-state index in [1.165, 1.54) is 31.2 Å². The second-order valence-electron chi connectivity index (χ2n) is 10.2. The smallest absolute Gasteiger partial charge is 0.276 e. The molecule has 1 amide bonds. The molecule has 0 bridgehead atoms. The van der Waals surface area contributed by atoms with Crippen molar-refractivity contribution >= 4 is 29.2 Å². The van der Waals surface area contributed by atoms with E-state index in [2.05, 4.69) is 20.6 Å². The van der Waals surface area contributed by atoms with Crippen LogP contribution in [-0.4, -0.2) is 41.0 Å². The summed E-state index contributed by atoms with van der Waals surface area (Å²) in [6.07, 6.45) is 6.92. The Bertz CT molecular complexity index is 1460. The van der Waals surface area contributed by atoms with E-state index >= 15 is 0 Å². The van der Waals surface area contributed by atoms with Crippen molar-refractivity contribution in [2.24, 2.45) is 5.41 Å². The molecular formula is C27H26F2N6O2. The van der Waals surface area contributed by atoms with Crippen LogP contribution in [0.5, 0.6) is 0 Å². The van der Waals surface area contributed by atoms with Gasteiger partial charge in [0.25, 0.3) is 11.5 Å². The Morgan fingerprint density at radius 3 is 2.41 bits per heavy atom. The maximum Gasteiger partial charge on any atom is 0.276 e. The van der Waals surface area contributed by atoms with Gasteiger partial charge in [0, 0.05) is 42.7 Å². The van der Waals surface area contributed by atoms with Gasteiger partial charge in [-0.05, 0) is 67.9 Å². The maximum absolute atomic E-state index is 14.3.